The molecule has 0 aromatic heterocycles. The Kier molecular flexibility index (Phi) is 5.03. The van der Waals surface area contributed by atoms with E-state index in [9.17, 15) is 0 Å². The molecule has 0 unspecified atom stereocenters. The molecule has 0 fully saturated rings. The number of hydrogen-bond acceptors (Lipinski definition) is 2. The van der Waals surface area contributed by atoms with Gasteiger partial charge in [0, 0.05) is 12.1 Å². The van der Waals surface area contributed by atoms with E-state index in [0.29, 0.717) is 0 Å². The topological polar surface area (TPSA) is 21.3 Å². The summed E-state index contributed by atoms with van der Waals surface area (Å²) in [6, 6.07) is 11.0. The summed E-state index contributed by atoms with van der Waals surface area (Å²) < 4.78 is 5.67. The lowest BCUT2D eigenvalue weighted by Gasteiger charge is -2.16. The molecule has 2 aromatic carbocycles. The van der Waals surface area contributed by atoms with Gasteiger partial charge in [-0.1, -0.05) is 31.2 Å². The molecule has 0 radical (unpaired) electrons. The van der Waals surface area contributed by atoms with Crippen molar-refractivity contribution < 1.29 is 4.74 Å². The molecule has 0 amide bonds. The fourth-order valence-electron chi connectivity index (χ4n) is 2.60. The standard InChI is InChI=1S/C19H25NO/c1-6-20-12-16-9-7-14(3)18(11-16)17-10-8-13(2)15(4)19(17)21-5/h7-11,20H,6,12H2,1-5H3. The third-order valence-electron chi connectivity index (χ3n) is 4.05. The Bertz CT molecular complexity index is 632. The lowest BCUT2D eigenvalue weighted by Crippen LogP contribution is -2.11. The SMILES string of the molecule is CCNCc1ccc(C)c(-c2ccc(C)c(C)c2OC)c1. The minimum absolute atomic E-state index is 0.900. The summed E-state index contributed by atoms with van der Waals surface area (Å²) in [5.74, 6) is 0.985. The molecule has 2 rings (SSSR count). The quantitative estimate of drug-likeness (QED) is 0.878. The highest BCUT2D eigenvalue weighted by Crippen LogP contribution is 2.36. The van der Waals surface area contributed by atoms with Gasteiger partial charge in [0.05, 0.1) is 7.11 Å². The Morgan fingerprint density at radius 2 is 1.67 bits per heavy atom. The van der Waals surface area contributed by atoms with E-state index < -0.39 is 0 Å². The number of aryl methyl sites for hydroxylation is 2. The summed E-state index contributed by atoms with van der Waals surface area (Å²) >= 11 is 0. The second kappa shape index (κ2) is 6.77. The van der Waals surface area contributed by atoms with E-state index in [0.717, 1.165) is 18.8 Å². The van der Waals surface area contributed by atoms with Gasteiger partial charge in [0.15, 0.2) is 0 Å². The van der Waals surface area contributed by atoms with Crippen LogP contribution in [0.1, 0.15) is 29.2 Å². The summed E-state index contributed by atoms with van der Waals surface area (Å²) in [7, 11) is 1.75. The lowest BCUT2D eigenvalue weighted by atomic mass is 9.94. The Hall–Kier alpha value is -1.80. The fourth-order valence-corrected chi connectivity index (χ4v) is 2.60. The fraction of sp³-hybridized carbons (Fsp3) is 0.368. The van der Waals surface area contributed by atoms with Gasteiger partial charge >= 0.3 is 0 Å². The largest absolute Gasteiger partial charge is 0.496 e. The number of nitrogens with one attached hydrogen (secondary N) is 1. The minimum atomic E-state index is 0.900. The van der Waals surface area contributed by atoms with Crippen LogP contribution in [0, 0.1) is 20.8 Å². The zero-order valence-corrected chi connectivity index (χ0v) is 13.7. The van der Waals surface area contributed by atoms with Crippen LogP contribution in [0.3, 0.4) is 0 Å². The first-order valence-electron chi connectivity index (χ1n) is 7.53. The maximum absolute atomic E-state index is 5.67. The average molecular weight is 283 g/mol. The molecule has 1 N–H and O–H groups in total. The van der Waals surface area contributed by atoms with Crippen molar-refractivity contribution in [1.82, 2.24) is 5.32 Å². The predicted molar refractivity (Wildman–Crippen MR) is 90.0 cm³/mol. The van der Waals surface area contributed by atoms with Gasteiger partial charge in [0.1, 0.15) is 5.75 Å². The van der Waals surface area contributed by atoms with Crippen LogP contribution in [0.5, 0.6) is 5.75 Å². The third-order valence-corrected chi connectivity index (χ3v) is 4.05. The summed E-state index contributed by atoms with van der Waals surface area (Å²) in [4.78, 5) is 0. The first-order chi connectivity index (χ1) is 10.1. The minimum Gasteiger partial charge on any atom is -0.496 e. The van der Waals surface area contributed by atoms with Crippen LogP contribution in [0.25, 0.3) is 11.1 Å². The van der Waals surface area contributed by atoms with Gasteiger partial charge in [-0.25, -0.2) is 0 Å². The predicted octanol–water partition coefficient (Wildman–Crippen LogP) is 4.40. The van der Waals surface area contributed by atoms with Crippen LogP contribution in [0.15, 0.2) is 30.3 Å². The van der Waals surface area contributed by atoms with Gasteiger partial charge in [-0.15, -0.1) is 0 Å². The molecule has 0 saturated heterocycles. The second-order valence-corrected chi connectivity index (χ2v) is 5.52. The first-order valence-corrected chi connectivity index (χ1v) is 7.53. The van der Waals surface area contributed by atoms with Crippen molar-refractivity contribution in [3.63, 3.8) is 0 Å². The van der Waals surface area contributed by atoms with Crippen molar-refractivity contribution in [3.8, 4) is 16.9 Å². The van der Waals surface area contributed by atoms with Crippen LogP contribution >= 0.6 is 0 Å². The van der Waals surface area contributed by atoms with Crippen molar-refractivity contribution >= 4 is 0 Å². The highest BCUT2D eigenvalue weighted by atomic mass is 16.5. The van der Waals surface area contributed by atoms with Gasteiger partial charge in [-0.2, -0.15) is 0 Å². The van der Waals surface area contributed by atoms with E-state index in [1.807, 2.05) is 0 Å². The lowest BCUT2D eigenvalue weighted by molar-refractivity contribution is 0.413. The number of hydrogen-bond donors (Lipinski definition) is 1. The molecule has 0 heterocycles. The zero-order valence-electron chi connectivity index (χ0n) is 13.7. The molecule has 0 spiro atoms. The van der Waals surface area contributed by atoms with Crippen LogP contribution < -0.4 is 10.1 Å². The molecule has 2 heteroatoms. The summed E-state index contributed by atoms with van der Waals surface area (Å²) in [6.07, 6.45) is 0. The smallest absolute Gasteiger partial charge is 0.129 e. The molecule has 0 bridgehead atoms. The monoisotopic (exact) mass is 283 g/mol. The molecule has 112 valence electrons. The van der Waals surface area contributed by atoms with Gasteiger partial charge in [0.25, 0.3) is 0 Å². The van der Waals surface area contributed by atoms with E-state index in [-0.39, 0.29) is 0 Å². The molecule has 0 aliphatic rings. The van der Waals surface area contributed by atoms with Crippen molar-refractivity contribution in [3.05, 3.63) is 52.6 Å². The maximum Gasteiger partial charge on any atom is 0.129 e. The van der Waals surface area contributed by atoms with Crippen molar-refractivity contribution in [2.45, 2.75) is 34.2 Å². The number of benzene rings is 2. The van der Waals surface area contributed by atoms with Gasteiger partial charge in [-0.05, 0) is 61.2 Å². The van der Waals surface area contributed by atoms with Gasteiger partial charge < -0.3 is 10.1 Å². The van der Waals surface area contributed by atoms with E-state index in [2.05, 4.69) is 63.3 Å². The van der Waals surface area contributed by atoms with E-state index in [1.54, 1.807) is 7.11 Å². The van der Waals surface area contributed by atoms with Crippen LogP contribution in [0.2, 0.25) is 0 Å². The Morgan fingerprint density at radius 3 is 2.33 bits per heavy atom. The molecular formula is C19H25NO. The highest BCUT2D eigenvalue weighted by Gasteiger charge is 2.12. The summed E-state index contributed by atoms with van der Waals surface area (Å²) in [6.45, 7) is 10.4. The molecular weight excluding hydrogens is 258 g/mol. The summed E-state index contributed by atoms with van der Waals surface area (Å²) in [5.41, 5.74) is 7.49. The van der Waals surface area contributed by atoms with Crippen molar-refractivity contribution in [1.29, 1.82) is 0 Å². The van der Waals surface area contributed by atoms with Gasteiger partial charge in [0.2, 0.25) is 0 Å². The number of ether oxygens (including phenoxy) is 1. The van der Waals surface area contributed by atoms with Crippen molar-refractivity contribution in [2.75, 3.05) is 13.7 Å². The molecule has 0 aliphatic carbocycles. The number of rotatable bonds is 5. The van der Waals surface area contributed by atoms with Crippen LogP contribution in [-0.2, 0) is 6.54 Å². The normalized spacial score (nSPS) is 10.7. The molecule has 0 aliphatic heterocycles. The average Bonchev–Trinajstić information content (AvgIpc) is 2.49. The molecule has 21 heavy (non-hydrogen) atoms. The molecule has 0 saturated carbocycles. The maximum atomic E-state index is 5.67. The molecule has 0 atom stereocenters. The van der Waals surface area contributed by atoms with E-state index in [4.69, 9.17) is 4.74 Å². The highest BCUT2D eigenvalue weighted by molar-refractivity contribution is 5.76. The zero-order chi connectivity index (χ0) is 15.4. The second-order valence-electron chi connectivity index (χ2n) is 5.52. The van der Waals surface area contributed by atoms with Gasteiger partial charge in [-0.3, -0.25) is 0 Å². The van der Waals surface area contributed by atoms with Crippen LogP contribution in [-0.4, -0.2) is 13.7 Å². The van der Waals surface area contributed by atoms with Crippen molar-refractivity contribution in [2.24, 2.45) is 0 Å². The van der Waals surface area contributed by atoms with E-state index in [1.165, 1.54) is 33.4 Å². The Balaban J connectivity index is 2.53. The molecule has 2 nitrogen and oxygen atoms in total. The Labute approximate surface area is 128 Å². The van der Waals surface area contributed by atoms with Crippen LogP contribution in [0.4, 0.5) is 0 Å². The Morgan fingerprint density at radius 1 is 0.952 bits per heavy atom. The molecule has 2 aromatic rings. The summed E-state index contributed by atoms with van der Waals surface area (Å²) in [5, 5.41) is 3.38. The first kappa shape index (κ1) is 15.6. The number of methoxy groups -OCH3 is 1. The van der Waals surface area contributed by atoms with E-state index >= 15 is 0 Å². The third kappa shape index (κ3) is 3.27.